The molecule has 5 nitrogen and oxygen atoms in total. The topological polar surface area (TPSA) is 101 Å². The summed E-state index contributed by atoms with van der Waals surface area (Å²) < 4.78 is 0. The van der Waals surface area contributed by atoms with E-state index in [1.807, 2.05) is 67.6 Å². The highest BCUT2D eigenvalue weighted by molar-refractivity contribution is 6.24. The van der Waals surface area contributed by atoms with E-state index >= 15 is 0 Å². The number of rotatable bonds is 2. The summed E-state index contributed by atoms with van der Waals surface area (Å²) in [6.45, 7) is 2.01. The maximum Gasteiger partial charge on any atom is 0.167 e. The second kappa shape index (κ2) is 8.85. The molecule has 0 spiro atoms. The highest BCUT2D eigenvalue weighted by Gasteiger charge is 2.38. The average Bonchev–Trinajstić information content (AvgIpc) is 2.98. The molecule has 0 aliphatic heterocycles. The number of hydrogen-bond donors (Lipinski definition) is 5. The van der Waals surface area contributed by atoms with Gasteiger partial charge in [0.05, 0.1) is 5.57 Å². The minimum atomic E-state index is -1.83. The first-order valence-electron chi connectivity index (χ1n) is 13.1. The fraction of sp³-hybridized carbons (Fsp3) is 0.0857. The second-order valence-electron chi connectivity index (χ2n) is 10.4. The Hall–Kier alpha value is -4.84. The molecule has 5 N–H and O–H groups in total. The maximum atomic E-state index is 11.0. The summed E-state index contributed by atoms with van der Waals surface area (Å²) in [4.78, 5) is 0. The van der Waals surface area contributed by atoms with Gasteiger partial charge in [0, 0.05) is 5.56 Å². The van der Waals surface area contributed by atoms with Crippen LogP contribution in [-0.4, -0.2) is 37.7 Å². The van der Waals surface area contributed by atoms with Gasteiger partial charge in [-0.2, -0.15) is 0 Å². The van der Waals surface area contributed by atoms with Crippen LogP contribution in [0, 0.1) is 6.92 Å². The van der Waals surface area contributed by atoms with Gasteiger partial charge in [-0.05, 0) is 67.2 Å². The summed E-state index contributed by atoms with van der Waals surface area (Å²) in [6, 6.07) is 32.6. The Morgan fingerprint density at radius 2 is 1.05 bits per heavy atom. The van der Waals surface area contributed by atoms with Gasteiger partial charge in [0.1, 0.15) is 18.0 Å². The normalized spacial score (nSPS) is 18.0. The molecule has 0 fully saturated rings. The number of aryl methyl sites for hydroxylation is 1. The molecule has 0 amide bonds. The minimum absolute atomic E-state index is 0.102. The molecule has 40 heavy (non-hydrogen) atoms. The van der Waals surface area contributed by atoms with Crippen molar-refractivity contribution in [2.24, 2.45) is 0 Å². The predicted molar refractivity (Wildman–Crippen MR) is 160 cm³/mol. The van der Waals surface area contributed by atoms with Crippen LogP contribution < -0.4 is 0 Å². The van der Waals surface area contributed by atoms with E-state index in [-0.39, 0.29) is 5.57 Å². The predicted octanol–water partition coefficient (Wildman–Crippen LogP) is 7.61. The fourth-order valence-electron chi connectivity index (χ4n) is 6.20. The van der Waals surface area contributed by atoms with E-state index in [9.17, 15) is 25.5 Å². The van der Waals surface area contributed by atoms with Crippen LogP contribution in [0.1, 0.15) is 11.1 Å². The van der Waals surface area contributed by atoms with Crippen molar-refractivity contribution in [3.05, 3.63) is 125 Å². The molecule has 196 valence electrons. The Labute approximate surface area is 229 Å². The largest absolute Gasteiger partial charge is 0.509 e. The molecule has 0 bridgehead atoms. The van der Waals surface area contributed by atoms with Crippen LogP contribution in [0.3, 0.4) is 0 Å². The molecule has 0 heterocycles. The van der Waals surface area contributed by atoms with Gasteiger partial charge in [-0.15, -0.1) is 0 Å². The zero-order valence-corrected chi connectivity index (χ0v) is 21.6. The van der Waals surface area contributed by atoms with Crippen molar-refractivity contribution < 1.29 is 25.5 Å². The summed E-state index contributed by atoms with van der Waals surface area (Å²) in [7, 11) is 0. The Bertz CT molecular complexity index is 2090. The van der Waals surface area contributed by atoms with Crippen molar-refractivity contribution in [1.29, 1.82) is 0 Å². The van der Waals surface area contributed by atoms with E-state index in [1.54, 1.807) is 0 Å². The molecular formula is C35H26O5. The second-order valence-corrected chi connectivity index (χ2v) is 10.4. The van der Waals surface area contributed by atoms with E-state index in [4.69, 9.17) is 0 Å². The van der Waals surface area contributed by atoms with Crippen molar-refractivity contribution in [1.82, 2.24) is 0 Å². The molecular weight excluding hydrogens is 500 g/mol. The molecule has 0 saturated heterocycles. The van der Waals surface area contributed by atoms with E-state index in [0.717, 1.165) is 54.4 Å². The summed E-state index contributed by atoms with van der Waals surface area (Å²) in [5, 5.41) is 61.0. The molecule has 6 aromatic rings. The van der Waals surface area contributed by atoms with Gasteiger partial charge in [-0.1, -0.05) is 96.6 Å². The molecule has 0 radical (unpaired) electrons. The summed E-state index contributed by atoms with van der Waals surface area (Å²) in [6.07, 6.45) is -3.61. The third-order valence-corrected chi connectivity index (χ3v) is 8.06. The summed E-state index contributed by atoms with van der Waals surface area (Å²) in [5.41, 5.74) is 3.44. The van der Waals surface area contributed by atoms with Crippen LogP contribution >= 0.6 is 0 Å². The number of allylic oxidation sites excluding steroid dienone is 1. The zero-order chi connectivity index (χ0) is 27.7. The lowest BCUT2D eigenvalue weighted by Gasteiger charge is -2.27. The molecule has 6 aromatic carbocycles. The Kier molecular flexibility index (Phi) is 5.36. The van der Waals surface area contributed by atoms with Crippen molar-refractivity contribution in [2.75, 3.05) is 0 Å². The lowest BCUT2D eigenvalue weighted by Crippen LogP contribution is -2.34. The van der Waals surface area contributed by atoms with Gasteiger partial charge < -0.3 is 25.5 Å². The van der Waals surface area contributed by atoms with E-state index in [2.05, 4.69) is 36.4 Å². The highest BCUT2D eigenvalue weighted by atomic mass is 16.4. The van der Waals surface area contributed by atoms with Crippen LogP contribution in [0.15, 0.2) is 114 Å². The molecule has 7 rings (SSSR count). The lowest BCUT2D eigenvalue weighted by molar-refractivity contribution is 0.00949. The van der Waals surface area contributed by atoms with Crippen molar-refractivity contribution in [3.8, 4) is 11.1 Å². The number of benzene rings is 6. The first-order chi connectivity index (χ1) is 19.4. The van der Waals surface area contributed by atoms with Gasteiger partial charge in [0.15, 0.2) is 11.5 Å². The highest BCUT2D eigenvalue weighted by Crippen LogP contribution is 2.48. The molecule has 5 heteroatoms. The number of aliphatic hydroxyl groups is 5. The average molecular weight is 527 g/mol. The van der Waals surface area contributed by atoms with Gasteiger partial charge in [0.25, 0.3) is 0 Å². The van der Waals surface area contributed by atoms with Crippen LogP contribution in [0.4, 0.5) is 0 Å². The monoisotopic (exact) mass is 526 g/mol. The SMILES string of the molecule is Cc1ccc2c(C3=C(O)C(O)C(O)C(O)=C3O)c3ccccc3c(-c3cc4ccccc4c4ccccc34)c2c1. The quantitative estimate of drug-likeness (QED) is 0.118. The smallest absolute Gasteiger partial charge is 0.167 e. The van der Waals surface area contributed by atoms with Crippen LogP contribution in [0.5, 0.6) is 0 Å². The third kappa shape index (κ3) is 3.35. The molecule has 0 aromatic heterocycles. The number of hydrogen-bond acceptors (Lipinski definition) is 5. The molecule has 1 aliphatic carbocycles. The zero-order valence-electron chi connectivity index (χ0n) is 21.6. The van der Waals surface area contributed by atoms with Crippen molar-refractivity contribution in [2.45, 2.75) is 19.1 Å². The standard InChI is InChI=1S/C35H26O5/c1-18-14-15-25-26(16-18)28(27-17-19-8-2-3-9-20(19)21-10-4-5-11-22(21)27)23-12-6-7-13-24(23)29(25)30-31(36)33(38)35(40)34(39)32(30)37/h2-17,33,35-40H,1H3. The first kappa shape index (κ1) is 24.2. The Morgan fingerprint density at radius 3 is 1.77 bits per heavy atom. The van der Waals surface area contributed by atoms with Gasteiger partial charge in [0.2, 0.25) is 0 Å². The van der Waals surface area contributed by atoms with Crippen molar-refractivity contribution >= 4 is 48.7 Å². The van der Waals surface area contributed by atoms with E-state index in [1.165, 1.54) is 5.39 Å². The Balaban J connectivity index is 1.71. The minimum Gasteiger partial charge on any atom is -0.509 e. The summed E-state index contributed by atoms with van der Waals surface area (Å²) >= 11 is 0. The van der Waals surface area contributed by atoms with Crippen LogP contribution in [0.2, 0.25) is 0 Å². The Morgan fingerprint density at radius 1 is 0.500 bits per heavy atom. The number of fused-ring (bicyclic) bond motifs is 5. The van der Waals surface area contributed by atoms with Gasteiger partial charge >= 0.3 is 0 Å². The van der Waals surface area contributed by atoms with Gasteiger partial charge in [-0.25, -0.2) is 0 Å². The number of aliphatic hydroxyl groups excluding tert-OH is 5. The molecule has 2 atom stereocenters. The first-order valence-corrected chi connectivity index (χ1v) is 13.1. The van der Waals surface area contributed by atoms with E-state index < -0.39 is 29.5 Å². The molecule has 1 aliphatic rings. The van der Waals surface area contributed by atoms with Crippen LogP contribution in [0.25, 0.3) is 59.8 Å². The molecule has 2 unspecified atom stereocenters. The maximum absolute atomic E-state index is 11.0. The fourth-order valence-corrected chi connectivity index (χ4v) is 6.20. The van der Waals surface area contributed by atoms with Gasteiger partial charge in [-0.3, -0.25) is 0 Å². The van der Waals surface area contributed by atoms with Crippen molar-refractivity contribution in [3.63, 3.8) is 0 Å². The van der Waals surface area contributed by atoms with E-state index in [0.29, 0.717) is 5.56 Å². The lowest BCUT2D eigenvalue weighted by atomic mass is 9.81. The summed E-state index contributed by atoms with van der Waals surface area (Å²) in [5.74, 6) is -2.04. The van der Waals surface area contributed by atoms with Crippen LogP contribution in [-0.2, 0) is 0 Å². The third-order valence-electron chi connectivity index (χ3n) is 8.06. The molecule has 0 saturated carbocycles.